The first-order chi connectivity index (χ1) is 9.60. The highest BCUT2D eigenvalue weighted by Crippen LogP contribution is 2.33. The Balaban J connectivity index is 2.47. The third kappa shape index (κ3) is 2.71. The summed E-state index contributed by atoms with van der Waals surface area (Å²) in [4.78, 5) is 15.3. The fourth-order valence-corrected chi connectivity index (χ4v) is 3.47. The Hall–Kier alpha value is -1.40. The summed E-state index contributed by atoms with van der Waals surface area (Å²) in [6, 6.07) is 3.75. The number of hydrogen-bond acceptors (Lipinski definition) is 4. The summed E-state index contributed by atoms with van der Waals surface area (Å²) in [5.41, 5.74) is 1.51. The molecule has 1 aromatic heterocycles. The molecule has 1 atom stereocenters. The van der Waals surface area contributed by atoms with E-state index in [1.165, 1.54) is 0 Å². The molecule has 0 spiro atoms. The Bertz CT molecular complexity index is 537. The van der Waals surface area contributed by atoms with Crippen LogP contribution in [0.3, 0.4) is 0 Å². The van der Waals surface area contributed by atoms with Gasteiger partial charge < -0.3 is 15.0 Å². The van der Waals surface area contributed by atoms with E-state index in [1.807, 2.05) is 43.2 Å². The van der Waals surface area contributed by atoms with Crippen LogP contribution in [0.2, 0.25) is 0 Å². The number of thiophene rings is 1. The van der Waals surface area contributed by atoms with Crippen LogP contribution in [0.5, 0.6) is 0 Å². The summed E-state index contributed by atoms with van der Waals surface area (Å²) >= 11 is 6.99. The molecule has 20 heavy (non-hydrogen) atoms. The lowest BCUT2D eigenvalue weighted by Crippen LogP contribution is -2.47. The molecule has 4 nitrogen and oxygen atoms in total. The van der Waals surface area contributed by atoms with Gasteiger partial charge in [-0.2, -0.15) is 0 Å². The zero-order chi connectivity index (χ0) is 14.7. The normalized spacial score (nSPS) is 19.1. The summed E-state index contributed by atoms with van der Waals surface area (Å²) in [5, 5.41) is 5.89. The zero-order valence-corrected chi connectivity index (χ0v) is 13.4. The van der Waals surface area contributed by atoms with Gasteiger partial charge in [-0.05, 0) is 44.4 Å². The van der Waals surface area contributed by atoms with Crippen LogP contribution in [0.15, 0.2) is 28.8 Å². The second-order valence-corrected chi connectivity index (χ2v) is 5.73. The van der Waals surface area contributed by atoms with E-state index in [0.717, 1.165) is 17.1 Å². The van der Waals surface area contributed by atoms with E-state index in [4.69, 9.17) is 17.0 Å². The topological polar surface area (TPSA) is 41.6 Å². The number of carbonyl (C=O) groups excluding carboxylic acids is 1. The summed E-state index contributed by atoms with van der Waals surface area (Å²) in [6.07, 6.45) is 0. The fraction of sp³-hybridized carbons (Fsp3) is 0.429. The molecule has 2 heterocycles. The molecule has 0 aliphatic carbocycles. The van der Waals surface area contributed by atoms with E-state index in [-0.39, 0.29) is 12.0 Å². The van der Waals surface area contributed by atoms with Gasteiger partial charge in [0.25, 0.3) is 0 Å². The van der Waals surface area contributed by atoms with Gasteiger partial charge in [0, 0.05) is 17.1 Å². The van der Waals surface area contributed by atoms with Crippen molar-refractivity contribution < 1.29 is 9.53 Å². The van der Waals surface area contributed by atoms with Gasteiger partial charge >= 0.3 is 5.97 Å². The molecular formula is C14H18N2O2S2. The lowest BCUT2D eigenvalue weighted by Gasteiger charge is -2.36. The Morgan fingerprint density at radius 2 is 2.30 bits per heavy atom. The van der Waals surface area contributed by atoms with Gasteiger partial charge in [-0.25, -0.2) is 4.79 Å². The average Bonchev–Trinajstić information content (AvgIpc) is 2.92. The van der Waals surface area contributed by atoms with Gasteiger partial charge in [-0.1, -0.05) is 6.07 Å². The van der Waals surface area contributed by atoms with Gasteiger partial charge in [-0.15, -0.1) is 11.3 Å². The highest BCUT2D eigenvalue weighted by atomic mass is 32.1. The summed E-state index contributed by atoms with van der Waals surface area (Å²) in [6.45, 7) is 6.82. The summed E-state index contributed by atoms with van der Waals surface area (Å²) in [7, 11) is 0. The molecule has 2 rings (SSSR count). The first-order valence-corrected chi connectivity index (χ1v) is 7.88. The largest absolute Gasteiger partial charge is 0.463 e. The molecule has 108 valence electrons. The maximum absolute atomic E-state index is 12.3. The van der Waals surface area contributed by atoms with Gasteiger partial charge in [0.2, 0.25) is 0 Å². The van der Waals surface area contributed by atoms with Gasteiger partial charge in [0.1, 0.15) is 0 Å². The molecule has 0 radical (unpaired) electrons. The van der Waals surface area contributed by atoms with Gasteiger partial charge in [-0.3, -0.25) is 0 Å². The van der Waals surface area contributed by atoms with Crippen LogP contribution < -0.4 is 5.32 Å². The smallest absolute Gasteiger partial charge is 0.338 e. The standard InChI is InChI=1S/C14H18N2O2S2/c1-4-16-9(3)11(13(17)18-5-2)12(15-14(16)19)10-7-6-8-20-10/h6-8,12H,4-5H2,1-3H3,(H,15,19)/t12-/m0/s1. The SMILES string of the molecule is CCOC(=O)C1=C(C)N(CC)C(=S)N[C@H]1c1cccs1. The van der Waals surface area contributed by atoms with E-state index >= 15 is 0 Å². The monoisotopic (exact) mass is 310 g/mol. The van der Waals surface area contributed by atoms with Crippen LogP contribution >= 0.6 is 23.6 Å². The van der Waals surface area contributed by atoms with Crippen LogP contribution in [0, 0.1) is 0 Å². The minimum atomic E-state index is -0.281. The minimum Gasteiger partial charge on any atom is -0.463 e. The van der Waals surface area contributed by atoms with E-state index in [9.17, 15) is 4.79 Å². The first kappa shape index (κ1) is 15.0. The van der Waals surface area contributed by atoms with Crippen LogP contribution in [0.1, 0.15) is 31.7 Å². The van der Waals surface area contributed by atoms with Crippen molar-refractivity contribution in [1.29, 1.82) is 0 Å². The molecule has 0 saturated heterocycles. The number of hydrogen-bond donors (Lipinski definition) is 1. The maximum Gasteiger partial charge on any atom is 0.338 e. The van der Waals surface area contributed by atoms with Crippen molar-refractivity contribution in [3.63, 3.8) is 0 Å². The van der Waals surface area contributed by atoms with Crippen LogP contribution in [-0.4, -0.2) is 29.1 Å². The molecule has 1 aromatic rings. The van der Waals surface area contributed by atoms with Crippen molar-refractivity contribution in [2.45, 2.75) is 26.8 Å². The number of nitrogens with one attached hydrogen (secondary N) is 1. The molecule has 0 aromatic carbocycles. The quantitative estimate of drug-likeness (QED) is 0.684. The molecule has 0 saturated carbocycles. The second-order valence-electron chi connectivity index (χ2n) is 4.36. The third-order valence-corrected chi connectivity index (χ3v) is 4.51. The van der Waals surface area contributed by atoms with Crippen molar-refractivity contribution >= 4 is 34.6 Å². The lowest BCUT2D eigenvalue weighted by molar-refractivity contribution is -0.139. The lowest BCUT2D eigenvalue weighted by atomic mass is 10.0. The van der Waals surface area contributed by atoms with E-state index < -0.39 is 0 Å². The fourth-order valence-electron chi connectivity index (χ4n) is 2.30. The molecule has 1 aliphatic heterocycles. The molecule has 0 fully saturated rings. The number of thiocarbonyl (C=S) groups is 1. The Kier molecular flexibility index (Phi) is 4.77. The van der Waals surface area contributed by atoms with E-state index in [0.29, 0.717) is 17.3 Å². The van der Waals surface area contributed by atoms with E-state index in [2.05, 4.69) is 5.32 Å². The van der Waals surface area contributed by atoms with Crippen molar-refractivity contribution in [3.05, 3.63) is 33.7 Å². The molecular weight excluding hydrogens is 292 g/mol. The highest BCUT2D eigenvalue weighted by molar-refractivity contribution is 7.80. The summed E-state index contributed by atoms with van der Waals surface area (Å²) < 4.78 is 5.21. The maximum atomic E-state index is 12.3. The van der Waals surface area contributed by atoms with Crippen molar-refractivity contribution in [2.24, 2.45) is 0 Å². The predicted molar refractivity (Wildman–Crippen MR) is 84.5 cm³/mol. The molecule has 0 bridgehead atoms. The number of allylic oxidation sites excluding steroid dienone is 1. The Morgan fingerprint density at radius 1 is 1.55 bits per heavy atom. The predicted octanol–water partition coefficient (Wildman–Crippen LogP) is 2.84. The van der Waals surface area contributed by atoms with Gasteiger partial charge in [0.05, 0.1) is 18.2 Å². The number of rotatable bonds is 4. The number of carbonyl (C=O) groups is 1. The molecule has 0 unspecified atom stereocenters. The van der Waals surface area contributed by atoms with E-state index in [1.54, 1.807) is 11.3 Å². The second kappa shape index (κ2) is 6.37. The Labute approximate surface area is 128 Å². The Morgan fingerprint density at radius 3 is 2.85 bits per heavy atom. The minimum absolute atomic E-state index is 0.218. The number of ether oxygens (including phenoxy) is 1. The number of esters is 1. The highest BCUT2D eigenvalue weighted by Gasteiger charge is 2.34. The zero-order valence-electron chi connectivity index (χ0n) is 11.8. The van der Waals surface area contributed by atoms with Crippen molar-refractivity contribution in [1.82, 2.24) is 10.2 Å². The van der Waals surface area contributed by atoms with Crippen molar-refractivity contribution in [2.75, 3.05) is 13.2 Å². The van der Waals surface area contributed by atoms with Crippen LogP contribution in [-0.2, 0) is 9.53 Å². The first-order valence-electron chi connectivity index (χ1n) is 6.59. The molecule has 1 aliphatic rings. The number of nitrogens with zero attached hydrogens (tertiary/aromatic N) is 1. The molecule has 1 N–H and O–H groups in total. The third-order valence-electron chi connectivity index (χ3n) is 3.24. The van der Waals surface area contributed by atoms with Crippen molar-refractivity contribution in [3.8, 4) is 0 Å². The van der Waals surface area contributed by atoms with Crippen LogP contribution in [0.25, 0.3) is 0 Å². The van der Waals surface area contributed by atoms with Crippen LogP contribution in [0.4, 0.5) is 0 Å². The van der Waals surface area contributed by atoms with Gasteiger partial charge in [0.15, 0.2) is 5.11 Å². The average molecular weight is 310 g/mol. The summed E-state index contributed by atoms with van der Waals surface area (Å²) in [5.74, 6) is -0.281. The molecule has 0 amide bonds. The molecule has 6 heteroatoms.